The van der Waals surface area contributed by atoms with Crippen LogP contribution >= 0.6 is 0 Å². The highest BCUT2D eigenvalue weighted by Crippen LogP contribution is 2.22. The fraction of sp³-hybridized carbons (Fsp3) is 0.438. The Hall–Kier alpha value is -1.35. The molecule has 2 nitrogen and oxygen atoms in total. The molecular formula is C16H25NOSi. The van der Waals surface area contributed by atoms with E-state index in [4.69, 9.17) is 0 Å². The Balaban J connectivity index is 2.55. The highest BCUT2D eigenvalue weighted by Gasteiger charge is 2.19. The lowest BCUT2D eigenvalue weighted by Gasteiger charge is -2.22. The second-order valence-electron chi connectivity index (χ2n) is 6.08. The number of para-hydroxylation sites is 1. The number of hydrogen-bond donors (Lipinski definition) is 0. The van der Waals surface area contributed by atoms with Crippen LogP contribution in [0.2, 0.25) is 25.2 Å². The van der Waals surface area contributed by atoms with E-state index in [0.29, 0.717) is 12.0 Å². The molecule has 0 N–H and O–H groups in total. The summed E-state index contributed by atoms with van der Waals surface area (Å²) in [5, 5.41) is 0. The van der Waals surface area contributed by atoms with Crippen molar-refractivity contribution in [3.8, 4) is 0 Å². The standard InChI is InChI=1S/C16H25NOSi/c1-14(19(3,4)5)10-9-13-16(18)17(2)15-11-7-6-8-12-15/h6-12,14H,13H2,1-5H3/b10-9+. The molecule has 0 spiro atoms. The second-order valence-corrected chi connectivity index (χ2v) is 11.7. The van der Waals surface area contributed by atoms with Crippen LogP contribution in [0.1, 0.15) is 13.3 Å². The molecule has 1 amide bonds. The Kier molecular flexibility index (Phi) is 5.55. The molecule has 0 aliphatic rings. The van der Waals surface area contributed by atoms with Gasteiger partial charge in [0.05, 0.1) is 8.07 Å². The Bertz CT molecular complexity index is 434. The topological polar surface area (TPSA) is 20.3 Å². The molecule has 0 aliphatic carbocycles. The van der Waals surface area contributed by atoms with Gasteiger partial charge in [0.25, 0.3) is 0 Å². The maximum Gasteiger partial charge on any atom is 0.230 e. The average molecular weight is 275 g/mol. The van der Waals surface area contributed by atoms with Crippen molar-refractivity contribution in [3.63, 3.8) is 0 Å². The van der Waals surface area contributed by atoms with Crippen LogP contribution in [0.3, 0.4) is 0 Å². The third kappa shape index (κ3) is 5.03. The summed E-state index contributed by atoms with van der Waals surface area (Å²) in [5.74, 6) is 0.130. The minimum absolute atomic E-state index is 0.130. The van der Waals surface area contributed by atoms with Crippen LogP contribution in [0.4, 0.5) is 5.69 Å². The molecule has 0 aromatic heterocycles. The molecule has 0 saturated carbocycles. The molecule has 104 valence electrons. The van der Waals surface area contributed by atoms with Crippen molar-refractivity contribution >= 4 is 19.7 Å². The van der Waals surface area contributed by atoms with Crippen molar-refractivity contribution in [3.05, 3.63) is 42.5 Å². The third-order valence-electron chi connectivity index (χ3n) is 3.60. The van der Waals surface area contributed by atoms with Crippen molar-refractivity contribution in [1.82, 2.24) is 0 Å². The first-order valence-electron chi connectivity index (χ1n) is 6.80. The van der Waals surface area contributed by atoms with Gasteiger partial charge in [-0.15, -0.1) is 0 Å². The monoisotopic (exact) mass is 275 g/mol. The Labute approximate surface area is 118 Å². The van der Waals surface area contributed by atoms with E-state index in [2.05, 4.69) is 32.6 Å². The molecule has 3 heteroatoms. The van der Waals surface area contributed by atoms with Crippen LogP contribution in [0.5, 0.6) is 0 Å². The van der Waals surface area contributed by atoms with Crippen LogP contribution in [0, 0.1) is 0 Å². The predicted octanol–water partition coefficient (Wildman–Crippen LogP) is 4.32. The zero-order valence-corrected chi connectivity index (χ0v) is 13.7. The highest BCUT2D eigenvalue weighted by molar-refractivity contribution is 6.77. The second kappa shape index (κ2) is 6.71. The van der Waals surface area contributed by atoms with Gasteiger partial charge >= 0.3 is 0 Å². The molecule has 0 heterocycles. The number of nitrogens with zero attached hydrogens (tertiary/aromatic N) is 1. The first-order chi connectivity index (χ1) is 8.82. The van der Waals surface area contributed by atoms with Gasteiger partial charge in [-0.25, -0.2) is 0 Å². The maximum atomic E-state index is 12.1. The molecule has 0 radical (unpaired) electrons. The van der Waals surface area contributed by atoms with Gasteiger partial charge in [0, 0.05) is 19.2 Å². The van der Waals surface area contributed by atoms with E-state index >= 15 is 0 Å². The molecule has 0 aliphatic heterocycles. The van der Waals surface area contributed by atoms with Crippen molar-refractivity contribution in [2.45, 2.75) is 38.5 Å². The van der Waals surface area contributed by atoms with Crippen molar-refractivity contribution in [2.75, 3.05) is 11.9 Å². The Morgan fingerprint density at radius 1 is 1.26 bits per heavy atom. The number of hydrogen-bond acceptors (Lipinski definition) is 1. The van der Waals surface area contributed by atoms with E-state index in [1.54, 1.807) is 4.90 Å². The summed E-state index contributed by atoms with van der Waals surface area (Å²) in [6, 6.07) is 9.75. The first kappa shape index (κ1) is 15.7. The van der Waals surface area contributed by atoms with Gasteiger partial charge in [-0.3, -0.25) is 4.79 Å². The Morgan fingerprint density at radius 3 is 2.37 bits per heavy atom. The zero-order valence-electron chi connectivity index (χ0n) is 12.7. The number of carbonyl (C=O) groups is 1. The van der Waals surface area contributed by atoms with Gasteiger partial charge in [0.15, 0.2) is 0 Å². The average Bonchev–Trinajstić information content (AvgIpc) is 2.37. The largest absolute Gasteiger partial charge is 0.315 e. The van der Waals surface area contributed by atoms with Gasteiger partial charge in [0.2, 0.25) is 5.91 Å². The number of rotatable bonds is 5. The lowest BCUT2D eigenvalue weighted by Crippen LogP contribution is -2.26. The summed E-state index contributed by atoms with van der Waals surface area (Å²) >= 11 is 0. The molecule has 1 unspecified atom stereocenters. The summed E-state index contributed by atoms with van der Waals surface area (Å²) in [4.78, 5) is 13.8. The van der Waals surface area contributed by atoms with Gasteiger partial charge in [0.1, 0.15) is 0 Å². The van der Waals surface area contributed by atoms with Crippen molar-refractivity contribution in [1.29, 1.82) is 0 Å². The van der Waals surface area contributed by atoms with Crippen LogP contribution in [-0.4, -0.2) is 21.0 Å². The van der Waals surface area contributed by atoms with E-state index in [9.17, 15) is 4.79 Å². The number of benzene rings is 1. The molecule has 1 rings (SSSR count). The summed E-state index contributed by atoms with van der Waals surface area (Å²) in [6.45, 7) is 9.29. The van der Waals surface area contributed by atoms with Crippen molar-refractivity contribution in [2.24, 2.45) is 0 Å². The maximum absolute atomic E-state index is 12.1. The predicted molar refractivity (Wildman–Crippen MR) is 86.4 cm³/mol. The molecule has 1 atom stereocenters. The third-order valence-corrected chi connectivity index (χ3v) is 6.53. The Morgan fingerprint density at radius 2 is 1.84 bits per heavy atom. The number of amides is 1. The minimum atomic E-state index is -1.14. The van der Waals surface area contributed by atoms with Gasteiger partial charge in [-0.1, -0.05) is 56.9 Å². The summed E-state index contributed by atoms with van der Waals surface area (Å²) < 4.78 is 0. The lowest BCUT2D eigenvalue weighted by molar-refractivity contribution is -0.117. The fourth-order valence-electron chi connectivity index (χ4n) is 1.59. The molecule has 19 heavy (non-hydrogen) atoms. The summed E-state index contributed by atoms with van der Waals surface area (Å²) in [7, 11) is 0.691. The van der Waals surface area contributed by atoms with Crippen LogP contribution in [-0.2, 0) is 4.79 Å². The first-order valence-corrected chi connectivity index (χ1v) is 10.4. The molecule has 0 bridgehead atoms. The van der Waals surface area contributed by atoms with Crippen molar-refractivity contribution < 1.29 is 4.79 Å². The zero-order chi connectivity index (χ0) is 14.5. The number of carbonyl (C=O) groups excluding carboxylic acids is 1. The normalized spacial score (nSPS) is 13.5. The van der Waals surface area contributed by atoms with E-state index in [1.807, 2.05) is 43.5 Å². The van der Waals surface area contributed by atoms with Crippen LogP contribution < -0.4 is 4.90 Å². The minimum Gasteiger partial charge on any atom is -0.315 e. The SMILES string of the molecule is CC(/C=C/CC(=O)N(C)c1ccccc1)[Si](C)(C)C. The summed E-state index contributed by atoms with van der Waals surface area (Å²) in [6.07, 6.45) is 4.69. The van der Waals surface area contributed by atoms with E-state index in [0.717, 1.165) is 5.69 Å². The number of allylic oxidation sites excluding steroid dienone is 1. The van der Waals surface area contributed by atoms with Gasteiger partial charge in [-0.2, -0.15) is 0 Å². The van der Waals surface area contributed by atoms with Gasteiger partial charge in [-0.05, 0) is 17.7 Å². The van der Waals surface area contributed by atoms with Crippen LogP contribution in [0.25, 0.3) is 0 Å². The molecule has 1 aromatic rings. The van der Waals surface area contributed by atoms with Gasteiger partial charge < -0.3 is 4.90 Å². The smallest absolute Gasteiger partial charge is 0.230 e. The fourth-order valence-corrected chi connectivity index (χ4v) is 2.31. The quantitative estimate of drug-likeness (QED) is 0.579. The molecule has 0 fully saturated rings. The lowest BCUT2D eigenvalue weighted by atomic mass is 10.2. The molecule has 0 saturated heterocycles. The highest BCUT2D eigenvalue weighted by atomic mass is 28.3. The van der Waals surface area contributed by atoms with Crippen LogP contribution in [0.15, 0.2) is 42.5 Å². The summed E-state index contributed by atoms with van der Waals surface area (Å²) in [5.41, 5.74) is 1.54. The molecular weight excluding hydrogens is 250 g/mol. The number of anilines is 1. The van der Waals surface area contributed by atoms with E-state index in [1.165, 1.54) is 0 Å². The molecule has 1 aromatic carbocycles. The van der Waals surface area contributed by atoms with E-state index in [-0.39, 0.29) is 5.91 Å². The van der Waals surface area contributed by atoms with E-state index < -0.39 is 8.07 Å².